The molecule has 150 valence electrons. The predicted octanol–water partition coefficient (Wildman–Crippen LogP) is 1.86. The topological polar surface area (TPSA) is 95.7 Å². The number of carbonyl (C=O) groups excluding carboxylic acids is 1. The van der Waals surface area contributed by atoms with E-state index in [4.69, 9.17) is 0 Å². The number of pyridine rings is 1. The summed E-state index contributed by atoms with van der Waals surface area (Å²) in [4.78, 5) is 27.3. The highest BCUT2D eigenvalue weighted by Gasteiger charge is 2.50. The van der Waals surface area contributed by atoms with Crippen LogP contribution in [-0.4, -0.2) is 60.0 Å². The van der Waals surface area contributed by atoms with Gasteiger partial charge in [-0.1, -0.05) is 0 Å². The van der Waals surface area contributed by atoms with Crippen molar-refractivity contribution in [3.05, 3.63) is 42.6 Å². The lowest BCUT2D eigenvalue weighted by atomic mass is 10.0. The van der Waals surface area contributed by atoms with Crippen LogP contribution in [0.25, 0.3) is 17.2 Å². The van der Waals surface area contributed by atoms with Crippen molar-refractivity contribution in [3.63, 3.8) is 0 Å². The molecule has 8 nitrogen and oxygen atoms in total. The number of nitrogens with zero attached hydrogens (tertiary/aromatic N) is 5. The van der Waals surface area contributed by atoms with E-state index < -0.39 is 5.60 Å². The Morgan fingerprint density at radius 2 is 2.14 bits per heavy atom. The van der Waals surface area contributed by atoms with Gasteiger partial charge in [0.05, 0.1) is 6.20 Å². The fraction of sp³-hybridized carbons (Fsp3) is 0.400. The monoisotopic (exact) mass is 396 g/mol. The number of hydrogen-bond acceptors (Lipinski definition) is 6. The number of aliphatic hydroxyl groups is 1. The van der Waals surface area contributed by atoms with Crippen LogP contribution >= 0.6 is 0 Å². The third-order valence-electron chi connectivity index (χ3n) is 5.54. The van der Waals surface area contributed by atoms with Crippen molar-refractivity contribution in [2.75, 3.05) is 18.4 Å². The lowest BCUT2D eigenvalue weighted by Gasteiger charge is -2.34. The Morgan fingerprint density at radius 1 is 1.28 bits per heavy atom. The van der Waals surface area contributed by atoms with Crippen molar-refractivity contribution < 1.29 is 14.3 Å². The van der Waals surface area contributed by atoms with Crippen LogP contribution in [-0.2, 0) is 4.79 Å². The number of fused-ring (bicyclic) bond motifs is 1. The average Bonchev–Trinajstić information content (AvgIpc) is 3.34. The number of piperidine rings is 1. The highest BCUT2D eigenvalue weighted by Crippen LogP contribution is 2.37. The van der Waals surface area contributed by atoms with Gasteiger partial charge in [0.2, 0.25) is 0 Å². The quantitative estimate of drug-likeness (QED) is 0.699. The second-order valence-electron chi connectivity index (χ2n) is 7.75. The Hall–Kier alpha value is -3.07. The number of anilines is 1. The minimum Gasteiger partial charge on any atom is -0.380 e. The van der Waals surface area contributed by atoms with Crippen molar-refractivity contribution >= 4 is 17.4 Å². The van der Waals surface area contributed by atoms with Gasteiger partial charge in [0.25, 0.3) is 5.91 Å². The molecular weight excluding hydrogens is 375 g/mol. The van der Waals surface area contributed by atoms with E-state index in [-0.39, 0.29) is 17.8 Å². The van der Waals surface area contributed by atoms with Gasteiger partial charge in [-0.25, -0.2) is 19.3 Å². The van der Waals surface area contributed by atoms with Crippen LogP contribution in [0, 0.1) is 5.82 Å². The molecule has 2 fully saturated rings. The highest BCUT2D eigenvalue weighted by molar-refractivity contribution is 5.88. The summed E-state index contributed by atoms with van der Waals surface area (Å²) in [5, 5.41) is 13.5. The van der Waals surface area contributed by atoms with E-state index in [1.165, 1.54) is 12.3 Å². The molecule has 1 saturated heterocycles. The summed E-state index contributed by atoms with van der Waals surface area (Å²) in [5.41, 5.74) is 0.0739. The molecule has 1 unspecified atom stereocenters. The SMILES string of the molecule is O=C(N1CCCC(Nc2ccnc(-c3cnc4ccc(F)cn34)n2)C1)C1(O)CC1. The molecular formula is C20H21FN6O2. The normalized spacial score (nSPS) is 20.6. The standard InChI is InChI=1S/C20H21FN6O2/c21-13-3-4-17-23-10-15(27(17)11-13)18-22-8-5-16(25-18)24-14-2-1-9-26(12-14)19(28)20(29)6-7-20/h3-5,8,10-11,14,29H,1-2,6-7,9,12H2,(H,22,24,25). The average molecular weight is 396 g/mol. The predicted molar refractivity (Wildman–Crippen MR) is 104 cm³/mol. The smallest absolute Gasteiger partial charge is 0.254 e. The molecule has 1 amide bonds. The van der Waals surface area contributed by atoms with Crippen molar-refractivity contribution in [3.8, 4) is 11.5 Å². The summed E-state index contributed by atoms with van der Waals surface area (Å²) < 4.78 is 15.3. The number of aromatic nitrogens is 4. The zero-order valence-electron chi connectivity index (χ0n) is 15.8. The van der Waals surface area contributed by atoms with Gasteiger partial charge in [-0.15, -0.1) is 0 Å². The number of nitrogens with one attached hydrogen (secondary N) is 1. The summed E-state index contributed by atoms with van der Waals surface area (Å²) in [5.74, 6) is 0.533. The zero-order valence-corrected chi connectivity index (χ0v) is 15.8. The Labute approximate surface area is 166 Å². The third kappa shape index (κ3) is 3.42. The van der Waals surface area contributed by atoms with Crippen LogP contribution < -0.4 is 5.32 Å². The van der Waals surface area contributed by atoms with E-state index in [9.17, 15) is 14.3 Å². The maximum absolute atomic E-state index is 13.6. The first kappa shape index (κ1) is 18.0. The molecule has 0 radical (unpaired) electrons. The number of likely N-dealkylation sites (tertiary alicyclic amines) is 1. The Bertz CT molecular complexity index is 1080. The minimum atomic E-state index is -1.14. The second-order valence-corrected chi connectivity index (χ2v) is 7.75. The zero-order chi connectivity index (χ0) is 20.0. The van der Waals surface area contributed by atoms with Crippen LogP contribution in [0.2, 0.25) is 0 Å². The van der Waals surface area contributed by atoms with E-state index in [0.717, 1.165) is 12.8 Å². The fourth-order valence-electron chi connectivity index (χ4n) is 3.80. The van der Waals surface area contributed by atoms with E-state index in [2.05, 4.69) is 20.3 Å². The van der Waals surface area contributed by atoms with Crippen molar-refractivity contribution in [1.82, 2.24) is 24.3 Å². The molecule has 5 rings (SSSR count). The van der Waals surface area contributed by atoms with Gasteiger partial charge in [-0.2, -0.15) is 0 Å². The van der Waals surface area contributed by atoms with Gasteiger partial charge in [-0.3, -0.25) is 9.20 Å². The lowest BCUT2D eigenvalue weighted by Crippen LogP contribution is -2.49. The molecule has 2 aliphatic rings. The third-order valence-corrected chi connectivity index (χ3v) is 5.54. The molecule has 9 heteroatoms. The Morgan fingerprint density at radius 3 is 2.97 bits per heavy atom. The maximum Gasteiger partial charge on any atom is 0.254 e. The van der Waals surface area contributed by atoms with E-state index >= 15 is 0 Å². The molecule has 1 saturated carbocycles. The van der Waals surface area contributed by atoms with Gasteiger partial charge in [0.15, 0.2) is 5.82 Å². The minimum absolute atomic E-state index is 0.0393. The molecule has 0 bridgehead atoms. The van der Waals surface area contributed by atoms with Crippen LogP contribution in [0.5, 0.6) is 0 Å². The number of amides is 1. The molecule has 0 spiro atoms. The highest BCUT2D eigenvalue weighted by atomic mass is 19.1. The first-order chi connectivity index (χ1) is 14.0. The van der Waals surface area contributed by atoms with Crippen molar-refractivity contribution in [2.24, 2.45) is 0 Å². The summed E-state index contributed by atoms with van der Waals surface area (Å²) in [6.07, 6.45) is 7.49. The molecule has 2 N–H and O–H groups in total. The summed E-state index contributed by atoms with van der Waals surface area (Å²) >= 11 is 0. The van der Waals surface area contributed by atoms with Crippen LogP contribution in [0.4, 0.5) is 10.2 Å². The van der Waals surface area contributed by atoms with E-state index in [0.29, 0.717) is 48.9 Å². The number of halogens is 1. The van der Waals surface area contributed by atoms with Crippen molar-refractivity contribution in [1.29, 1.82) is 0 Å². The van der Waals surface area contributed by atoms with Gasteiger partial charge in [0.1, 0.15) is 28.6 Å². The second kappa shape index (κ2) is 6.77. The molecule has 3 aromatic heterocycles. The first-order valence-electron chi connectivity index (χ1n) is 9.76. The van der Waals surface area contributed by atoms with Gasteiger partial charge >= 0.3 is 0 Å². The van der Waals surface area contributed by atoms with Crippen molar-refractivity contribution in [2.45, 2.75) is 37.3 Å². The summed E-state index contributed by atoms with van der Waals surface area (Å²) in [6, 6.07) is 4.77. The van der Waals surface area contributed by atoms with Crippen LogP contribution in [0.1, 0.15) is 25.7 Å². The van der Waals surface area contributed by atoms with Crippen LogP contribution in [0.15, 0.2) is 36.8 Å². The maximum atomic E-state index is 13.6. The molecule has 0 aromatic carbocycles. The molecule has 1 aliphatic heterocycles. The van der Waals surface area contributed by atoms with E-state index in [1.807, 2.05) is 0 Å². The van der Waals surface area contributed by atoms with E-state index in [1.54, 1.807) is 33.8 Å². The molecule has 1 aliphatic carbocycles. The Balaban J connectivity index is 1.34. The lowest BCUT2D eigenvalue weighted by molar-refractivity contribution is -0.143. The molecule has 29 heavy (non-hydrogen) atoms. The van der Waals surface area contributed by atoms with Crippen LogP contribution in [0.3, 0.4) is 0 Å². The number of carbonyl (C=O) groups is 1. The van der Waals surface area contributed by atoms with Gasteiger partial charge in [-0.05, 0) is 43.9 Å². The summed E-state index contributed by atoms with van der Waals surface area (Å²) in [6.45, 7) is 1.20. The number of hydrogen-bond donors (Lipinski definition) is 2. The number of rotatable bonds is 4. The van der Waals surface area contributed by atoms with Gasteiger partial charge < -0.3 is 15.3 Å². The Kier molecular flexibility index (Phi) is 4.20. The molecule has 3 aromatic rings. The number of imidazole rings is 1. The molecule has 4 heterocycles. The van der Waals surface area contributed by atoms with Gasteiger partial charge in [0, 0.05) is 31.5 Å². The molecule has 1 atom stereocenters. The first-order valence-corrected chi connectivity index (χ1v) is 9.76. The fourth-order valence-corrected chi connectivity index (χ4v) is 3.80. The summed E-state index contributed by atoms with van der Waals surface area (Å²) in [7, 11) is 0. The largest absolute Gasteiger partial charge is 0.380 e.